The molecular weight excluding hydrogens is 518 g/mol. The van der Waals surface area contributed by atoms with Gasteiger partial charge in [0.2, 0.25) is 5.91 Å². The van der Waals surface area contributed by atoms with E-state index in [1.165, 1.54) is 0 Å². The number of carbonyl (C=O) groups excluding carboxylic acids is 3. The number of methoxy groups -OCH3 is 1. The lowest BCUT2D eigenvalue weighted by molar-refractivity contribution is -0.125. The highest BCUT2D eigenvalue weighted by Gasteiger charge is 2.39. The average Bonchev–Trinajstić information content (AvgIpc) is 3.69. The molecule has 9 heteroatoms. The number of para-hydroxylation sites is 1. The van der Waals surface area contributed by atoms with Crippen LogP contribution in [-0.4, -0.2) is 64.9 Å². The maximum absolute atomic E-state index is 13.6. The van der Waals surface area contributed by atoms with Crippen molar-refractivity contribution in [3.63, 3.8) is 0 Å². The van der Waals surface area contributed by atoms with Gasteiger partial charge < -0.3 is 30.2 Å². The van der Waals surface area contributed by atoms with Crippen LogP contribution < -0.4 is 15.4 Å². The average molecular weight is 558 g/mol. The number of aromatic nitrogens is 2. The zero-order valence-corrected chi connectivity index (χ0v) is 24.3. The van der Waals surface area contributed by atoms with Crippen LogP contribution in [-0.2, 0) is 4.79 Å². The molecule has 3 unspecified atom stereocenters. The number of rotatable bonds is 8. The number of likely N-dealkylation sites (tertiary alicyclic amines) is 1. The molecule has 0 saturated carbocycles. The predicted molar refractivity (Wildman–Crippen MR) is 160 cm³/mol. The first-order chi connectivity index (χ1) is 19.6. The molecule has 2 aromatic carbocycles. The van der Waals surface area contributed by atoms with Crippen molar-refractivity contribution in [2.24, 2.45) is 11.3 Å². The zero-order chi connectivity index (χ0) is 29.3. The minimum Gasteiger partial charge on any atom is -0.497 e. The van der Waals surface area contributed by atoms with E-state index >= 15 is 0 Å². The van der Waals surface area contributed by atoms with E-state index in [1.807, 2.05) is 74.2 Å². The molecular formula is C32H39N5O4. The smallest absolute Gasteiger partial charge is 0.270 e. The van der Waals surface area contributed by atoms with Gasteiger partial charge in [0.25, 0.3) is 11.8 Å². The van der Waals surface area contributed by atoms with Crippen molar-refractivity contribution in [1.29, 1.82) is 0 Å². The lowest BCUT2D eigenvalue weighted by atomic mass is 9.85. The minimum atomic E-state index is -0.768. The zero-order valence-electron chi connectivity index (χ0n) is 24.3. The van der Waals surface area contributed by atoms with Crippen LogP contribution in [0.4, 0.5) is 0 Å². The highest BCUT2D eigenvalue weighted by molar-refractivity contribution is 6.01. The molecule has 4 aromatic rings. The Balaban J connectivity index is 1.29. The molecule has 0 bridgehead atoms. The minimum absolute atomic E-state index is 0.0881. The molecule has 0 radical (unpaired) electrons. The number of fused-ring (bicyclic) bond motifs is 2. The van der Waals surface area contributed by atoms with Gasteiger partial charge in [-0.25, -0.2) is 0 Å². The summed E-state index contributed by atoms with van der Waals surface area (Å²) < 4.78 is 5.32. The second-order valence-electron chi connectivity index (χ2n) is 11.9. The molecule has 1 aliphatic rings. The number of ether oxygens (including phenoxy) is 1. The fourth-order valence-electron chi connectivity index (χ4n) is 5.82. The number of aromatic amines is 2. The molecule has 0 aliphatic carbocycles. The topological polar surface area (TPSA) is 119 Å². The number of benzene rings is 2. The van der Waals surface area contributed by atoms with E-state index in [0.29, 0.717) is 24.5 Å². The summed E-state index contributed by atoms with van der Waals surface area (Å²) in [5.41, 5.74) is 2.11. The van der Waals surface area contributed by atoms with Crippen molar-refractivity contribution in [3.05, 3.63) is 66.0 Å². The number of amides is 3. The Morgan fingerprint density at radius 1 is 1.00 bits per heavy atom. The van der Waals surface area contributed by atoms with Gasteiger partial charge >= 0.3 is 0 Å². The fourth-order valence-corrected chi connectivity index (χ4v) is 5.82. The van der Waals surface area contributed by atoms with E-state index in [1.54, 1.807) is 13.2 Å². The van der Waals surface area contributed by atoms with Gasteiger partial charge in [0.05, 0.1) is 13.2 Å². The number of nitrogens with one attached hydrogen (secondary N) is 4. The van der Waals surface area contributed by atoms with Gasteiger partial charge in [-0.1, -0.05) is 52.3 Å². The van der Waals surface area contributed by atoms with Gasteiger partial charge in [-0.15, -0.1) is 0 Å². The molecule has 4 N–H and O–H groups in total. The Bertz CT molecular complexity index is 1550. The summed E-state index contributed by atoms with van der Waals surface area (Å²) in [5, 5.41) is 7.85. The number of nitrogens with zero attached hydrogens (tertiary/aromatic N) is 1. The van der Waals surface area contributed by atoms with Crippen LogP contribution in [0.5, 0.6) is 5.75 Å². The SMILES string of the molecule is CCC1CCN(C(=O)c2cc3cc(OC)ccc3[nH]2)C1CNC(=O)C(NC(=O)c1cc2ccccc2[nH]1)C(C)(C)C. The molecule has 3 atom stereocenters. The van der Waals surface area contributed by atoms with Gasteiger partial charge in [0.15, 0.2) is 0 Å². The Kier molecular flexibility index (Phi) is 7.80. The van der Waals surface area contributed by atoms with Gasteiger partial charge in [0.1, 0.15) is 23.2 Å². The highest BCUT2D eigenvalue weighted by Crippen LogP contribution is 2.30. The lowest BCUT2D eigenvalue weighted by Gasteiger charge is -2.32. The summed E-state index contributed by atoms with van der Waals surface area (Å²) >= 11 is 0. The number of hydrogen-bond donors (Lipinski definition) is 4. The molecule has 216 valence electrons. The largest absolute Gasteiger partial charge is 0.497 e. The van der Waals surface area contributed by atoms with E-state index in [2.05, 4.69) is 27.5 Å². The van der Waals surface area contributed by atoms with Gasteiger partial charge in [0, 0.05) is 34.9 Å². The van der Waals surface area contributed by atoms with Gasteiger partial charge in [-0.3, -0.25) is 14.4 Å². The summed E-state index contributed by atoms with van der Waals surface area (Å²) in [6.45, 7) is 8.82. The highest BCUT2D eigenvalue weighted by atomic mass is 16.5. The molecule has 0 spiro atoms. The third kappa shape index (κ3) is 5.80. The molecule has 5 rings (SSSR count). The van der Waals surface area contributed by atoms with E-state index < -0.39 is 11.5 Å². The lowest BCUT2D eigenvalue weighted by Crippen LogP contribution is -2.56. The third-order valence-electron chi connectivity index (χ3n) is 8.19. The van der Waals surface area contributed by atoms with Gasteiger partial charge in [-0.2, -0.15) is 0 Å². The summed E-state index contributed by atoms with van der Waals surface area (Å²) in [4.78, 5) is 48.6. The quantitative estimate of drug-likeness (QED) is 0.247. The normalized spacial score (nSPS) is 18.0. The molecule has 1 saturated heterocycles. The second kappa shape index (κ2) is 11.3. The maximum atomic E-state index is 13.6. The fraction of sp³-hybridized carbons (Fsp3) is 0.406. The molecule has 3 amide bonds. The van der Waals surface area contributed by atoms with E-state index in [-0.39, 0.29) is 29.7 Å². The van der Waals surface area contributed by atoms with E-state index in [0.717, 1.165) is 40.4 Å². The number of H-pyrrole nitrogens is 2. The van der Waals surface area contributed by atoms with Crippen LogP contribution in [0.15, 0.2) is 54.6 Å². The Labute approximate surface area is 240 Å². The molecule has 2 aromatic heterocycles. The van der Waals surface area contributed by atoms with Gasteiger partial charge in [-0.05, 0) is 54.2 Å². The first-order valence-corrected chi connectivity index (χ1v) is 14.2. The summed E-state index contributed by atoms with van der Waals surface area (Å²) in [7, 11) is 1.62. The van der Waals surface area contributed by atoms with Crippen LogP contribution in [0.1, 0.15) is 61.5 Å². The summed E-state index contributed by atoms with van der Waals surface area (Å²) in [6, 6.07) is 16.0. The van der Waals surface area contributed by atoms with E-state index in [9.17, 15) is 14.4 Å². The monoisotopic (exact) mass is 557 g/mol. The van der Waals surface area contributed by atoms with Crippen molar-refractivity contribution in [1.82, 2.24) is 25.5 Å². The van der Waals surface area contributed by atoms with Crippen LogP contribution in [0, 0.1) is 11.3 Å². The van der Waals surface area contributed by atoms with Crippen LogP contribution in [0.3, 0.4) is 0 Å². The Morgan fingerprint density at radius 2 is 1.71 bits per heavy atom. The van der Waals surface area contributed by atoms with Crippen LogP contribution in [0.25, 0.3) is 21.8 Å². The van der Waals surface area contributed by atoms with Crippen LogP contribution in [0.2, 0.25) is 0 Å². The third-order valence-corrected chi connectivity index (χ3v) is 8.19. The predicted octanol–water partition coefficient (Wildman–Crippen LogP) is 4.86. The second-order valence-corrected chi connectivity index (χ2v) is 11.9. The van der Waals surface area contributed by atoms with Crippen molar-refractivity contribution < 1.29 is 19.1 Å². The standard InChI is InChI=1S/C32H39N5O4/c1-6-19-13-14-37(31(40)26-17-21-15-22(41-5)11-12-24(21)35-26)27(19)18-33-30(39)28(32(2,3)4)36-29(38)25-16-20-9-7-8-10-23(20)34-25/h7-12,15-17,19,27-28,34-35H,6,13-14,18H2,1-5H3,(H,33,39)(H,36,38). The first kappa shape index (κ1) is 28.3. The van der Waals surface area contributed by atoms with Crippen molar-refractivity contribution in [2.45, 2.75) is 52.6 Å². The molecule has 1 fully saturated rings. The van der Waals surface area contributed by atoms with Crippen LogP contribution >= 0.6 is 0 Å². The molecule has 41 heavy (non-hydrogen) atoms. The Hall–Kier alpha value is -4.27. The first-order valence-electron chi connectivity index (χ1n) is 14.2. The Morgan fingerprint density at radius 3 is 2.41 bits per heavy atom. The van der Waals surface area contributed by atoms with Crippen molar-refractivity contribution >= 4 is 39.5 Å². The molecule has 3 heterocycles. The number of hydrogen-bond acceptors (Lipinski definition) is 4. The maximum Gasteiger partial charge on any atom is 0.270 e. The summed E-state index contributed by atoms with van der Waals surface area (Å²) in [6.07, 6.45) is 1.77. The molecule has 9 nitrogen and oxygen atoms in total. The van der Waals surface area contributed by atoms with Crippen molar-refractivity contribution in [2.75, 3.05) is 20.2 Å². The number of carbonyl (C=O) groups is 3. The molecule has 1 aliphatic heterocycles. The van der Waals surface area contributed by atoms with E-state index in [4.69, 9.17) is 4.74 Å². The van der Waals surface area contributed by atoms with Crippen molar-refractivity contribution in [3.8, 4) is 5.75 Å². The summed E-state index contributed by atoms with van der Waals surface area (Å²) in [5.74, 6) is 0.297.